The van der Waals surface area contributed by atoms with E-state index in [0.717, 1.165) is 10.8 Å². The number of benzene rings is 2. The minimum atomic E-state index is -1.19. The Morgan fingerprint density at radius 1 is 1.00 bits per heavy atom. The van der Waals surface area contributed by atoms with Crippen molar-refractivity contribution in [3.05, 3.63) is 60.2 Å². The van der Waals surface area contributed by atoms with Gasteiger partial charge in [-0.15, -0.1) is 0 Å². The number of hydrogen-bond donors (Lipinski definition) is 0. The molecule has 2 aromatic rings. The zero-order chi connectivity index (χ0) is 14.4. The summed E-state index contributed by atoms with van der Waals surface area (Å²) in [5.74, 6) is -2.32. The van der Waals surface area contributed by atoms with Gasteiger partial charge in [0.05, 0.1) is 11.9 Å². The molecular weight excluding hydrogens is 268 g/mol. The van der Waals surface area contributed by atoms with Crippen molar-refractivity contribution >= 4 is 45.8 Å². The number of carboxylic acid groups (broad SMARTS) is 2. The van der Waals surface area contributed by atoms with E-state index < -0.39 is 11.9 Å². The van der Waals surface area contributed by atoms with Crippen LogP contribution < -0.4 is 10.2 Å². The zero-order valence-electron chi connectivity index (χ0n) is 11.1. The monoisotopic (exact) mass is 280 g/mol. The van der Waals surface area contributed by atoms with E-state index >= 15 is 0 Å². The first-order valence-corrected chi connectivity index (χ1v) is 5.49. The maximum atomic E-state index is 10.5. The molecule has 98 valence electrons. The molecule has 2 rings (SSSR count). The van der Waals surface area contributed by atoms with Crippen LogP contribution in [0.15, 0.2) is 54.6 Å². The summed E-state index contributed by atoms with van der Waals surface area (Å²) >= 11 is 0. The topological polar surface area (TPSA) is 80.3 Å². The Labute approximate surface area is 132 Å². The van der Waals surface area contributed by atoms with Gasteiger partial charge < -0.3 is 19.8 Å². The summed E-state index contributed by atoms with van der Waals surface area (Å²) in [6.07, 6.45) is 0. The fourth-order valence-electron chi connectivity index (χ4n) is 1.32. The number of aromatic carboxylic acids is 1. The SMILES string of the molecule is C=C(C)C(=O)[O-].O=C([O-])c1ccc2ccccc2c1.[Mg+2]. The minimum Gasteiger partial charge on any atom is -0.545 e. The molecule has 0 spiro atoms. The van der Waals surface area contributed by atoms with E-state index in [0.29, 0.717) is 0 Å². The van der Waals surface area contributed by atoms with Crippen LogP contribution in [0.2, 0.25) is 0 Å². The Balaban J connectivity index is 0.000000448. The van der Waals surface area contributed by atoms with Crippen molar-refractivity contribution in [3.8, 4) is 0 Å². The van der Waals surface area contributed by atoms with E-state index in [-0.39, 0.29) is 34.2 Å². The van der Waals surface area contributed by atoms with Crippen molar-refractivity contribution in [3.63, 3.8) is 0 Å². The summed E-state index contributed by atoms with van der Waals surface area (Å²) in [4.78, 5) is 20.0. The van der Waals surface area contributed by atoms with Gasteiger partial charge in [-0.25, -0.2) is 0 Å². The number of aliphatic carboxylic acids is 1. The molecule has 0 fully saturated rings. The van der Waals surface area contributed by atoms with Gasteiger partial charge in [-0.2, -0.15) is 0 Å². The van der Waals surface area contributed by atoms with Gasteiger partial charge in [0.25, 0.3) is 0 Å². The Bertz CT molecular complexity index is 623. The van der Waals surface area contributed by atoms with Crippen LogP contribution in [0.1, 0.15) is 17.3 Å². The van der Waals surface area contributed by atoms with E-state index in [9.17, 15) is 19.8 Å². The predicted molar refractivity (Wildman–Crippen MR) is 73.9 cm³/mol. The van der Waals surface area contributed by atoms with E-state index in [1.165, 1.54) is 6.92 Å². The van der Waals surface area contributed by atoms with Crippen molar-refractivity contribution in [1.82, 2.24) is 0 Å². The molecule has 20 heavy (non-hydrogen) atoms. The first-order chi connectivity index (χ1) is 8.91. The van der Waals surface area contributed by atoms with Gasteiger partial charge in [0.1, 0.15) is 0 Å². The minimum absolute atomic E-state index is 0. The van der Waals surface area contributed by atoms with E-state index in [4.69, 9.17) is 0 Å². The molecule has 0 saturated heterocycles. The van der Waals surface area contributed by atoms with Crippen LogP contribution in [0.4, 0.5) is 0 Å². The molecule has 0 aliphatic carbocycles. The molecule has 4 nitrogen and oxygen atoms in total. The molecular formula is C15H12MgO4. The molecule has 0 aliphatic heterocycles. The predicted octanol–water partition coefficient (Wildman–Crippen LogP) is 0.135. The molecule has 0 amide bonds. The summed E-state index contributed by atoms with van der Waals surface area (Å²) in [5, 5.41) is 22.0. The van der Waals surface area contributed by atoms with E-state index in [1.54, 1.807) is 18.2 Å². The second-order valence-electron chi connectivity index (χ2n) is 3.92. The van der Waals surface area contributed by atoms with Crippen molar-refractivity contribution in [2.24, 2.45) is 0 Å². The number of hydrogen-bond acceptors (Lipinski definition) is 4. The summed E-state index contributed by atoms with van der Waals surface area (Å²) in [6.45, 7) is 4.48. The summed E-state index contributed by atoms with van der Waals surface area (Å²) in [7, 11) is 0. The van der Waals surface area contributed by atoms with Crippen LogP contribution in [0.5, 0.6) is 0 Å². The summed E-state index contributed by atoms with van der Waals surface area (Å²) in [6, 6.07) is 12.6. The van der Waals surface area contributed by atoms with Crippen molar-refractivity contribution in [2.45, 2.75) is 6.92 Å². The molecule has 0 atom stereocenters. The third-order valence-corrected chi connectivity index (χ3v) is 2.33. The van der Waals surface area contributed by atoms with Gasteiger partial charge in [-0.05, 0) is 34.9 Å². The number of fused-ring (bicyclic) bond motifs is 1. The Morgan fingerprint density at radius 2 is 1.50 bits per heavy atom. The average molecular weight is 281 g/mol. The standard InChI is InChI=1S/C11H8O2.C4H6O2.Mg/c12-11(13)10-6-5-8-3-1-2-4-9(8)7-10;1-3(2)4(5)6;/h1-7H,(H,12,13);1H2,2H3,(H,5,6);/q;;+2/p-2. The van der Waals surface area contributed by atoms with E-state index in [1.807, 2.05) is 24.3 Å². The second kappa shape index (κ2) is 8.34. The van der Waals surface area contributed by atoms with Gasteiger partial charge in [-0.1, -0.05) is 43.0 Å². The van der Waals surface area contributed by atoms with Gasteiger partial charge in [0.2, 0.25) is 0 Å². The molecule has 5 heteroatoms. The Kier molecular flexibility index (Phi) is 7.57. The van der Waals surface area contributed by atoms with E-state index in [2.05, 4.69) is 6.58 Å². The molecule has 0 aromatic heterocycles. The molecule has 0 radical (unpaired) electrons. The quantitative estimate of drug-likeness (QED) is 0.579. The third-order valence-electron chi connectivity index (χ3n) is 2.33. The number of carbonyl (C=O) groups is 2. The molecule has 0 unspecified atom stereocenters. The first kappa shape index (κ1) is 18.1. The molecule has 2 aromatic carbocycles. The summed E-state index contributed by atoms with van der Waals surface area (Å²) in [5.41, 5.74) is 0.286. The third kappa shape index (κ3) is 5.42. The maximum absolute atomic E-state index is 10.5. The van der Waals surface area contributed by atoms with Crippen LogP contribution in [-0.2, 0) is 4.79 Å². The normalized spacial score (nSPS) is 8.85. The Morgan fingerprint density at radius 3 is 1.95 bits per heavy atom. The number of carboxylic acids is 2. The van der Waals surface area contributed by atoms with Gasteiger partial charge >= 0.3 is 23.1 Å². The van der Waals surface area contributed by atoms with Crippen LogP contribution in [0, 0.1) is 0 Å². The molecule has 0 bridgehead atoms. The molecule has 0 saturated carbocycles. The smallest absolute Gasteiger partial charge is 0.545 e. The van der Waals surface area contributed by atoms with Crippen molar-refractivity contribution in [2.75, 3.05) is 0 Å². The molecule has 0 aliphatic rings. The molecule has 0 N–H and O–H groups in total. The second-order valence-corrected chi connectivity index (χ2v) is 3.92. The van der Waals surface area contributed by atoms with Crippen LogP contribution in [0.25, 0.3) is 10.8 Å². The number of carbonyl (C=O) groups excluding carboxylic acids is 2. The van der Waals surface area contributed by atoms with Crippen molar-refractivity contribution < 1.29 is 19.8 Å². The van der Waals surface area contributed by atoms with Crippen LogP contribution in [0.3, 0.4) is 0 Å². The van der Waals surface area contributed by atoms with Gasteiger partial charge in [-0.3, -0.25) is 0 Å². The first-order valence-electron chi connectivity index (χ1n) is 5.49. The number of rotatable bonds is 2. The average Bonchev–Trinajstić information content (AvgIpc) is 2.38. The molecule has 0 heterocycles. The Hall–Kier alpha value is -1.85. The van der Waals surface area contributed by atoms with Crippen LogP contribution in [-0.4, -0.2) is 35.0 Å². The van der Waals surface area contributed by atoms with Gasteiger partial charge in [0.15, 0.2) is 0 Å². The fourth-order valence-corrected chi connectivity index (χ4v) is 1.32. The largest absolute Gasteiger partial charge is 2.00 e. The zero-order valence-corrected chi connectivity index (χ0v) is 12.5. The van der Waals surface area contributed by atoms with Crippen LogP contribution >= 0.6 is 0 Å². The fraction of sp³-hybridized carbons (Fsp3) is 0.0667. The summed E-state index contributed by atoms with van der Waals surface area (Å²) < 4.78 is 0. The van der Waals surface area contributed by atoms with Crippen molar-refractivity contribution in [1.29, 1.82) is 0 Å². The van der Waals surface area contributed by atoms with Gasteiger partial charge in [0, 0.05) is 0 Å². The maximum Gasteiger partial charge on any atom is 2.00 e.